The van der Waals surface area contributed by atoms with Gasteiger partial charge in [0.05, 0.1) is 29.2 Å². The number of imidazole rings is 1. The molecule has 0 saturated heterocycles. The van der Waals surface area contributed by atoms with Crippen LogP contribution in [0.1, 0.15) is 33.9 Å². The summed E-state index contributed by atoms with van der Waals surface area (Å²) in [4.78, 5) is 0. The van der Waals surface area contributed by atoms with Crippen molar-refractivity contribution in [3.8, 4) is 0 Å². The van der Waals surface area contributed by atoms with Gasteiger partial charge in [0.2, 0.25) is 5.62 Å². The van der Waals surface area contributed by atoms with Gasteiger partial charge in [-0.25, -0.2) is 22.0 Å². The Labute approximate surface area is 237 Å². The fourth-order valence-electron chi connectivity index (χ4n) is 5.12. The molecule has 5 nitrogen and oxygen atoms in total. The highest BCUT2D eigenvalue weighted by Crippen LogP contribution is 2.47. The van der Waals surface area contributed by atoms with Gasteiger partial charge in [-0.1, -0.05) is 24.8 Å². The highest BCUT2D eigenvalue weighted by Gasteiger charge is 2.36. The van der Waals surface area contributed by atoms with E-state index in [1.165, 1.54) is 12.1 Å². The standard InChI is InChI=1S/C28H20ClF8N5/c1-12(14-5-15(28(35,36)37)7-17(32)6-14)39-20-9-21-26(42(11-30)27(38)41(21)10-22(33)34)23-13(2)40-25(24(20)23)18-8-16(31)3-4-19(18)29/h3-9,22,25,38-40H,1-2,10-11H2. The van der Waals surface area contributed by atoms with Crippen molar-refractivity contribution in [1.82, 2.24) is 14.5 Å². The number of rotatable bonds is 7. The van der Waals surface area contributed by atoms with Gasteiger partial charge in [-0.05, 0) is 42.5 Å². The van der Waals surface area contributed by atoms with Gasteiger partial charge in [-0.3, -0.25) is 9.98 Å². The molecular weight excluding hydrogens is 594 g/mol. The van der Waals surface area contributed by atoms with E-state index in [4.69, 9.17) is 17.0 Å². The lowest BCUT2D eigenvalue weighted by Crippen LogP contribution is -2.26. The van der Waals surface area contributed by atoms with Gasteiger partial charge in [-0.2, -0.15) is 13.2 Å². The molecule has 4 aromatic rings. The van der Waals surface area contributed by atoms with E-state index in [0.29, 0.717) is 12.1 Å². The third kappa shape index (κ3) is 5.02. The number of benzene rings is 3. The fraction of sp³-hybridized carbons (Fsp3) is 0.179. The zero-order valence-corrected chi connectivity index (χ0v) is 22.1. The summed E-state index contributed by atoms with van der Waals surface area (Å²) >= 11 is 6.38. The van der Waals surface area contributed by atoms with Crippen molar-refractivity contribution in [3.05, 3.63) is 106 Å². The van der Waals surface area contributed by atoms with Crippen LogP contribution in [0.3, 0.4) is 0 Å². The summed E-state index contributed by atoms with van der Waals surface area (Å²) in [7, 11) is 0. The Morgan fingerprint density at radius 1 is 1.07 bits per heavy atom. The second kappa shape index (κ2) is 10.5. The molecule has 5 rings (SSSR count). The zero-order valence-electron chi connectivity index (χ0n) is 21.3. The maximum atomic E-state index is 14.3. The monoisotopic (exact) mass is 613 g/mol. The average molecular weight is 614 g/mol. The first-order valence-electron chi connectivity index (χ1n) is 12.1. The van der Waals surface area contributed by atoms with Crippen molar-refractivity contribution in [1.29, 1.82) is 5.41 Å². The first-order valence-corrected chi connectivity index (χ1v) is 12.5. The van der Waals surface area contributed by atoms with Crippen molar-refractivity contribution < 1.29 is 35.1 Å². The quantitative estimate of drug-likeness (QED) is 0.186. The number of halogens is 9. The predicted octanol–water partition coefficient (Wildman–Crippen LogP) is 7.81. The predicted molar refractivity (Wildman–Crippen MR) is 142 cm³/mol. The third-order valence-electron chi connectivity index (χ3n) is 6.87. The van der Waals surface area contributed by atoms with Crippen LogP contribution in [0, 0.1) is 17.0 Å². The minimum absolute atomic E-state index is 0.0203. The Morgan fingerprint density at radius 2 is 1.79 bits per heavy atom. The molecule has 14 heteroatoms. The highest BCUT2D eigenvalue weighted by atomic mass is 35.5. The van der Waals surface area contributed by atoms with Crippen LogP contribution in [0.2, 0.25) is 5.02 Å². The summed E-state index contributed by atoms with van der Waals surface area (Å²) in [5.74, 6) is -1.83. The zero-order chi connectivity index (χ0) is 30.7. The SMILES string of the molecule is C=C(Nc1cc2c(c3c1C(c1cc(F)ccc1Cl)NC3=C)n(CF)c(=N)n2CC(F)F)c1cc(F)cc(C(F)(F)F)c1. The lowest BCUT2D eigenvalue weighted by molar-refractivity contribution is -0.137. The summed E-state index contributed by atoms with van der Waals surface area (Å²) in [6.07, 6.45) is -7.79. The number of hydrogen-bond acceptors (Lipinski definition) is 3. The molecule has 0 spiro atoms. The third-order valence-corrected chi connectivity index (χ3v) is 7.21. The number of nitrogens with one attached hydrogen (secondary N) is 3. The molecule has 1 atom stereocenters. The van der Waals surface area contributed by atoms with Crippen molar-refractivity contribution in [2.45, 2.75) is 32.0 Å². The lowest BCUT2D eigenvalue weighted by atomic mass is 9.94. The molecule has 1 unspecified atom stereocenters. The van der Waals surface area contributed by atoms with Gasteiger partial charge in [-0.15, -0.1) is 0 Å². The highest BCUT2D eigenvalue weighted by molar-refractivity contribution is 6.31. The molecule has 220 valence electrons. The first-order chi connectivity index (χ1) is 19.7. The fourth-order valence-corrected chi connectivity index (χ4v) is 5.34. The molecular formula is C28H20ClF8N5. The van der Waals surface area contributed by atoms with E-state index in [9.17, 15) is 35.1 Å². The van der Waals surface area contributed by atoms with E-state index in [0.717, 1.165) is 27.3 Å². The maximum Gasteiger partial charge on any atom is 0.416 e. The molecule has 1 aliphatic heterocycles. The molecule has 3 N–H and O–H groups in total. The second-order valence-electron chi connectivity index (χ2n) is 9.51. The van der Waals surface area contributed by atoms with E-state index < -0.39 is 54.8 Å². The van der Waals surface area contributed by atoms with Crippen LogP contribution >= 0.6 is 11.6 Å². The van der Waals surface area contributed by atoms with Crippen molar-refractivity contribution in [3.63, 3.8) is 0 Å². The number of nitrogens with zero attached hydrogens (tertiary/aromatic N) is 2. The molecule has 1 aliphatic rings. The van der Waals surface area contributed by atoms with Crippen molar-refractivity contribution in [2.75, 3.05) is 5.32 Å². The second-order valence-corrected chi connectivity index (χ2v) is 9.91. The Hall–Kier alpha value is -4.26. The van der Waals surface area contributed by atoms with Gasteiger partial charge in [0.25, 0.3) is 6.43 Å². The lowest BCUT2D eigenvalue weighted by Gasteiger charge is -2.21. The topological polar surface area (TPSA) is 57.8 Å². The molecule has 42 heavy (non-hydrogen) atoms. The van der Waals surface area contributed by atoms with Gasteiger partial charge < -0.3 is 15.2 Å². The van der Waals surface area contributed by atoms with Crippen molar-refractivity contribution >= 4 is 39.7 Å². The normalized spacial score (nSPS) is 14.9. The Kier molecular flexibility index (Phi) is 7.34. The summed E-state index contributed by atoms with van der Waals surface area (Å²) in [5, 5.41) is 14.3. The molecule has 0 aliphatic carbocycles. The maximum absolute atomic E-state index is 14.3. The van der Waals surface area contributed by atoms with Crippen LogP contribution in [-0.4, -0.2) is 15.6 Å². The van der Waals surface area contributed by atoms with Crippen LogP contribution in [0.15, 0.2) is 55.6 Å². The van der Waals surface area contributed by atoms with E-state index >= 15 is 0 Å². The van der Waals surface area contributed by atoms with E-state index in [1.807, 2.05) is 0 Å². The van der Waals surface area contributed by atoms with Crippen LogP contribution in [-0.2, 0) is 19.5 Å². The molecule has 0 fully saturated rings. The number of anilines is 1. The van der Waals surface area contributed by atoms with Crippen molar-refractivity contribution in [2.24, 2.45) is 0 Å². The Balaban J connectivity index is 1.79. The molecule has 0 bridgehead atoms. The number of fused-ring (bicyclic) bond motifs is 3. The van der Waals surface area contributed by atoms with E-state index in [2.05, 4.69) is 23.8 Å². The van der Waals surface area contributed by atoms with Gasteiger partial charge in [0, 0.05) is 44.4 Å². The minimum Gasteiger partial charge on any atom is -0.374 e. The number of hydrogen-bond donors (Lipinski definition) is 3. The molecule has 2 heterocycles. The summed E-state index contributed by atoms with van der Waals surface area (Å²) in [5.41, 5.74) is -1.54. The van der Waals surface area contributed by atoms with E-state index in [-0.39, 0.29) is 55.4 Å². The summed E-state index contributed by atoms with van der Waals surface area (Å²) in [6.45, 7) is 5.46. The molecule has 0 saturated carbocycles. The average Bonchev–Trinajstić information content (AvgIpc) is 3.38. The van der Waals surface area contributed by atoms with Crippen LogP contribution in [0.5, 0.6) is 0 Å². The first kappa shape index (κ1) is 29.2. The summed E-state index contributed by atoms with van der Waals surface area (Å²) in [6, 6.07) is 5.69. The van der Waals surface area contributed by atoms with Gasteiger partial charge in [0.1, 0.15) is 11.6 Å². The van der Waals surface area contributed by atoms with Gasteiger partial charge in [0.15, 0.2) is 6.80 Å². The number of alkyl halides is 6. The molecule has 0 radical (unpaired) electrons. The number of aromatic nitrogens is 2. The minimum atomic E-state index is -4.86. The Bertz CT molecular complexity index is 1820. The van der Waals surface area contributed by atoms with Crippen LogP contribution in [0.4, 0.5) is 40.8 Å². The molecule has 0 amide bonds. The van der Waals surface area contributed by atoms with Crippen LogP contribution < -0.4 is 16.3 Å². The van der Waals surface area contributed by atoms with E-state index in [1.54, 1.807) is 0 Å². The Morgan fingerprint density at radius 3 is 2.43 bits per heavy atom. The van der Waals surface area contributed by atoms with Crippen LogP contribution in [0.25, 0.3) is 22.4 Å². The smallest absolute Gasteiger partial charge is 0.374 e. The molecule has 3 aromatic carbocycles. The largest absolute Gasteiger partial charge is 0.416 e. The molecule has 1 aromatic heterocycles. The summed E-state index contributed by atoms with van der Waals surface area (Å²) < 4.78 is 112. The van der Waals surface area contributed by atoms with Gasteiger partial charge >= 0.3 is 6.18 Å².